The largest absolute Gasteiger partial charge is 0.493 e. The van der Waals surface area contributed by atoms with Gasteiger partial charge < -0.3 is 19.7 Å². The number of hydrogen-bond donors (Lipinski definition) is 2. The Morgan fingerprint density at radius 1 is 1.25 bits per heavy atom. The number of hydrogen-bond acceptors (Lipinski definition) is 4. The van der Waals surface area contributed by atoms with Gasteiger partial charge in [-0.3, -0.25) is 4.79 Å². The van der Waals surface area contributed by atoms with Gasteiger partial charge in [-0.15, -0.1) is 0 Å². The minimum Gasteiger partial charge on any atom is -0.493 e. The molecular weight excluding hydrogens is 260 g/mol. The Morgan fingerprint density at radius 2 is 1.90 bits per heavy atom. The normalized spacial score (nSPS) is 13.6. The van der Waals surface area contributed by atoms with Crippen molar-refractivity contribution in [3.8, 4) is 11.5 Å². The summed E-state index contributed by atoms with van der Waals surface area (Å²) in [5.41, 5.74) is 0.520. The summed E-state index contributed by atoms with van der Waals surface area (Å²) in [7, 11) is 3.02. The van der Waals surface area contributed by atoms with E-state index < -0.39 is 18.0 Å². The second kappa shape index (κ2) is 7.75. The van der Waals surface area contributed by atoms with E-state index >= 15 is 0 Å². The molecule has 0 aliphatic rings. The van der Waals surface area contributed by atoms with E-state index in [2.05, 4.69) is 0 Å². The molecule has 0 fully saturated rings. The monoisotopic (exact) mass is 282 g/mol. The van der Waals surface area contributed by atoms with Crippen molar-refractivity contribution >= 4 is 5.97 Å². The number of carboxylic acid groups (broad SMARTS) is 1. The molecule has 0 aliphatic heterocycles. The van der Waals surface area contributed by atoms with Crippen molar-refractivity contribution in [1.82, 2.24) is 0 Å². The maximum absolute atomic E-state index is 11.3. The summed E-state index contributed by atoms with van der Waals surface area (Å²) in [6.07, 6.45) is 1.05. The summed E-state index contributed by atoms with van der Waals surface area (Å²) in [4.78, 5) is 11.3. The molecule has 0 aliphatic carbocycles. The van der Waals surface area contributed by atoms with Crippen molar-refractivity contribution in [2.24, 2.45) is 5.92 Å². The highest BCUT2D eigenvalue weighted by Gasteiger charge is 2.27. The fourth-order valence-corrected chi connectivity index (χ4v) is 2.11. The van der Waals surface area contributed by atoms with E-state index in [1.807, 2.05) is 6.92 Å². The SMILES string of the molecule is CCCCC(C(=O)O)C(O)c1ccc(OC)c(OC)c1. The molecule has 0 heterocycles. The number of benzene rings is 1. The van der Waals surface area contributed by atoms with Crippen LogP contribution in [-0.2, 0) is 4.79 Å². The van der Waals surface area contributed by atoms with Crippen LogP contribution >= 0.6 is 0 Å². The van der Waals surface area contributed by atoms with Gasteiger partial charge in [-0.25, -0.2) is 0 Å². The summed E-state index contributed by atoms with van der Waals surface area (Å²) in [5.74, 6) is -0.777. The van der Waals surface area contributed by atoms with Crippen molar-refractivity contribution in [3.05, 3.63) is 23.8 Å². The lowest BCUT2D eigenvalue weighted by molar-refractivity contribution is -0.146. The van der Waals surface area contributed by atoms with Gasteiger partial charge in [0, 0.05) is 0 Å². The topological polar surface area (TPSA) is 76.0 Å². The molecule has 0 saturated carbocycles. The van der Waals surface area contributed by atoms with Crippen molar-refractivity contribution in [1.29, 1.82) is 0 Å². The van der Waals surface area contributed by atoms with Crippen LogP contribution in [0.15, 0.2) is 18.2 Å². The zero-order valence-corrected chi connectivity index (χ0v) is 12.1. The zero-order chi connectivity index (χ0) is 15.1. The van der Waals surface area contributed by atoms with Crippen LogP contribution in [0.5, 0.6) is 11.5 Å². The fourth-order valence-electron chi connectivity index (χ4n) is 2.11. The summed E-state index contributed by atoms with van der Waals surface area (Å²) in [6.45, 7) is 1.99. The first-order valence-corrected chi connectivity index (χ1v) is 6.67. The number of rotatable bonds is 8. The molecule has 112 valence electrons. The summed E-state index contributed by atoms with van der Waals surface area (Å²) in [6, 6.07) is 4.94. The number of aliphatic carboxylic acids is 1. The van der Waals surface area contributed by atoms with Gasteiger partial charge in [-0.2, -0.15) is 0 Å². The molecule has 20 heavy (non-hydrogen) atoms. The number of aliphatic hydroxyl groups is 1. The first kappa shape index (κ1) is 16.3. The molecule has 2 N–H and O–H groups in total. The molecule has 1 rings (SSSR count). The standard InChI is InChI=1S/C15H22O5/c1-4-5-6-11(15(17)18)14(16)10-7-8-12(19-2)13(9-10)20-3/h7-9,11,14,16H,4-6H2,1-3H3,(H,17,18). The fraction of sp³-hybridized carbons (Fsp3) is 0.533. The average Bonchev–Trinajstić information content (AvgIpc) is 2.46. The molecule has 5 nitrogen and oxygen atoms in total. The maximum Gasteiger partial charge on any atom is 0.309 e. The number of methoxy groups -OCH3 is 2. The molecule has 0 amide bonds. The van der Waals surface area contributed by atoms with Crippen LogP contribution < -0.4 is 9.47 Å². The van der Waals surface area contributed by atoms with Crippen LogP contribution in [0.3, 0.4) is 0 Å². The Hall–Kier alpha value is -1.75. The molecular formula is C15H22O5. The molecule has 0 saturated heterocycles. The third-order valence-electron chi connectivity index (χ3n) is 3.32. The van der Waals surface area contributed by atoms with Gasteiger partial charge in [0.05, 0.1) is 26.2 Å². The van der Waals surface area contributed by atoms with Gasteiger partial charge >= 0.3 is 5.97 Å². The van der Waals surface area contributed by atoms with Crippen molar-refractivity contribution < 1.29 is 24.5 Å². The Bertz CT molecular complexity index is 444. The van der Waals surface area contributed by atoms with Crippen molar-refractivity contribution in [2.75, 3.05) is 14.2 Å². The molecule has 0 aromatic heterocycles. The van der Waals surface area contributed by atoms with Crippen molar-refractivity contribution in [2.45, 2.75) is 32.3 Å². The van der Waals surface area contributed by atoms with E-state index in [-0.39, 0.29) is 0 Å². The van der Waals surface area contributed by atoms with Gasteiger partial charge in [0.1, 0.15) is 0 Å². The Morgan fingerprint density at radius 3 is 2.40 bits per heavy atom. The van der Waals surface area contributed by atoms with Crippen LogP contribution in [0.25, 0.3) is 0 Å². The Kier molecular flexibility index (Phi) is 6.31. The van der Waals surface area contributed by atoms with E-state index in [0.29, 0.717) is 23.5 Å². The minimum absolute atomic E-state index is 0.446. The van der Waals surface area contributed by atoms with Crippen LogP contribution in [0.1, 0.15) is 37.9 Å². The molecule has 0 spiro atoms. The van der Waals surface area contributed by atoms with Crippen LogP contribution in [-0.4, -0.2) is 30.4 Å². The summed E-state index contributed by atoms with van der Waals surface area (Å²) < 4.78 is 10.3. The predicted octanol–water partition coefficient (Wildman–Crippen LogP) is 2.63. The van der Waals surface area contributed by atoms with Crippen LogP contribution in [0.2, 0.25) is 0 Å². The van der Waals surface area contributed by atoms with E-state index in [4.69, 9.17) is 9.47 Å². The van der Waals surface area contributed by atoms with Gasteiger partial charge in [0.2, 0.25) is 0 Å². The third kappa shape index (κ3) is 3.87. The van der Waals surface area contributed by atoms with E-state index in [9.17, 15) is 15.0 Å². The third-order valence-corrected chi connectivity index (χ3v) is 3.32. The van der Waals surface area contributed by atoms with E-state index in [1.165, 1.54) is 14.2 Å². The highest BCUT2D eigenvalue weighted by Crippen LogP contribution is 2.33. The molecule has 0 radical (unpaired) electrons. The van der Waals surface area contributed by atoms with Crippen molar-refractivity contribution in [3.63, 3.8) is 0 Å². The zero-order valence-electron chi connectivity index (χ0n) is 12.1. The second-order valence-corrected chi connectivity index (χ2v) is 4.65. The number of aliphatic hydroxyl groups excluding tert-OH is 1. The van der Waals surface area contributed by atoms with Gasteiger partial charge in [0.15, 0.2) is 11.5 Å². The molecule has 2 unspecified atom stereocenters. The Balaban J connectivity index is 2.99. The molecule has 0 bridgehead atoms. The lowest BCUT2D eigenvalue weighted by Crippen LogP contribution is -2.22. The quantitative estimate of drug-likeness (QED) is 0.766. The number of ether oxygens (including phenoxy) is 2. The number of unbranched alkanes of at least 4 members (excludes halogenated alkanes) is 1. The average molecular weight is 282 g/mol. The van der Waals surface area contributed by atoms with Gasteiger partial charge in [0.25, 0.3) is 0 Å². The highest BCUT2D eigenvalue weighted by molar-refractivity contribution is 5.71. The van der Waals surface area contributed by atoms with Gasteiger partial charge in [-0.1, -0.05) is 25.8 Å². The number of carbonyl (C=O) groups is 1. The predicted molar refractivity (Wildman–Crippen MR) is 75.2 cm³/mol. The van der Waals surface area contributed by atoms with Crippen LogP contribution in [0.4, 0.5) is 0 Å². The lowest BCUT2D eigenvalue weighted by Gasteiger charge is -2.20. The minimum atomic E-state index is -1.06. The van der Waals surface area contributed by atoms with Crippen LogP contribution in [0, 0.1) is 5.92 Å². The molecule has 5 heteroatoms. The number of carboxylic acids is 1. The molecule has 1 aromatic rings. The van der Waals surface area contributed by atoms with E-state index in [1.54, 1.807) is 18.2 Å². The van der Waals surface area contributed by atoms with Gasteiger partial charge in [-0.05, 0) is 24.1 Å². The molecule has 2 atom stereocenters. The second-order valence-electron chi connectivity index (χ2n) is 4.65. The first-order chi connectivity index (χ1) is 9.54. The first-order valence-electron chi connectivity index (χ1n) is 6.67. The summed E-state index contributed by atoms with van der Waals surface area (Å²) in [5, 5.41) is 19.5. The Labute approximate surface area is 119 Å². The smallest absolute Gasteiger partial charge is 0.309 e. The lowest BCUT2D eigenvalue weighted by atomic mass is 9.91. The summed E-state index contributed by atoms with van der Waals surface area (Å²) >= 11 is 0. The molecule has 1 aromatic carbocycles. The highest BCUT2D eigenvalue weighted by atomic mass is 16.5. The maximum atomic E-state index is 11.3. The van der Waals surface area contributed by atoms with E-state index in [0.717, 1.165) is 12.8 Å².